The summed E-state index contributed by atoms with van der Waals surface area (Å²) in [6, 6.07) is 8.35. The fourth-order valence-electron chi connectivity index (χ4n) is 5.13. The number of nitrogens with zero attached hydrogens (tertiary/aromatic N) is 3. The maximum atomic E-state index is 14.7. The lowest BCUT2D eigenvalue weighted by Crippen LogP contribution is -2.46. The zero-order valence-electron chi connectivity index (χ0n) is 22.4. The van der Waals surface area contributed by atoms with E-state index in [9.17, 15) is 22.4 Å². The molecule has 1 aliphatic carbocycles. The maximum Gasteiger partial charge on any atom is 0.394 e. The van der Waals surface area contributed by atoms with Crippen molar-refractivity contribution in [2.75, 3.05) is 44.4 Å². The predicted molar refractivity (Wildman–Crippen MR) is 147 cm³/mol. The third kappa shape index (κ3) is 6.33. The number of likely N-dealkylation sites (tertiary alicyclic amines) is 1. The average molecular weight is 557 g/mol. The molecule has 11 heteroatoms. The van der Waals surface area contributed by atoms with Crippen molar-refractivity contribution in [1.29, 1.82) is 0 Å². The summed E-state index contributed by atoms with van der Waals surface area (Å²) in [6.45, 7) is 1.18. The second-order valence-corrected chi connectivity index (χ2v) is 10.4. The number of carbonyl (C=O) groups excluding carboxylic acids is 1. The van der Waals surface area contributed by atoms with E-state index >= 15 is 0 Å². The van der Waals surface area contributed by atoms with Crippen LogP contribution in [0.25, 0.3) is 5.65 Å². The first-order valence-electron chi connectivity index (χ1n) is 13.4. The van der Waals surface area contributed by atoms with Gasteiger partial charge in [0.25, 0.3) is 5.91 Å². The molecule has 1 amide bonds. The molecule has 7 nitrogen and oxygen atoms in total. The van der Waals surface area contributed by atoms with Crippen LogP contribution in [0.15, 0.2) is 36.5 Å². The number of benzene rings is 1. The zero-order valence-corrected chi connectivity index (χ0v) is 22.4. The lowest BCUT2D eigenvalue weighted by Gasteiger charge is -2.33. The first kappa shape index (κ1) is 27.8. The molecule has 1 aliphatic heterocycles. The van der Waals surface area contributed by atoms with E-state index in [1.807, 2.05) is 18.0 Å². The van der Waals surface area contributed by atoms with Crippen molar-refractivity contribution in [2.24, 2.45) is 0 Å². The van der Waals surface area contributed by atoms with E-state index in [4.69, 9.17) is 0 Å². The fraction of sp³-hybridized carbons (Fsp3) is 0.448. The van der Waals surface area contributed by atoms with E-state index in [1.54, 1.807) is 31.3 Å². The van der Waals surface area contributed by atoms with Gasteiger partial charge in [-0.1, -0.05) is 5.92 Å². The Labute approximate surface area is 230 Å². The second-order valence-electron chi connectivity index (χ2n) is 10.4. The van der Waals surface area contributed by atoms with Crippen LogP contribution in [0.4, 0.5) is 28.9 Å². The van der Waals surface area contributed by atoms with Gasteiger partial charge in [0.2, 0.25) is 0 Å². The van der Waals surface area contributed by atoms with E-state index in [2.05, 4.69) is 32.8 Å². The molecule has 1 saturated carbocycles. The Bertz CT molecular complexity index is 1450. The third-order valence-corrected chi connectivity index (χ3v) is 7.33. The number of nitrogens with one attached hydrogen (secondary N) is 3. The lowest BCUT2D eigenvalue weighted by atomic mass is 10.0. The van der Waals surface area contributed by atoms with E-state index < -0.39 is 24.8 Å². The van der Waals surface area contributed by atoms with Crippen LogP contribution < -0.4 is 16.0 Å². The molecular formula is C29H32F4N6O. The Kier molecular flexibility index (Phi) is 7.90. The Hall–Kier alpha value is -3.78. The first-order valence-corrected chi connectivity index (χ1v) is 13.4. The van der Waals surface area contributed by atoms with E-state index in [1.165, 1.54) is 10.6 Å². The SMILES string of the molecule is CNC(=O)c1ccc(NCC#Cc2nc3c(N[C@@H]4CCN(C)C[C@@H]4F)cccn3c2CC(F)(F)F)cc1C1CC1. The van der Waals surface area contributed by atoms with Crippen molar-refractivity contribution in [3.8, 4) is 11.8 Å². The summed E-state index contributed by atoms with van der Waals surface area (Å²) in [4.78, 5) is 18.6. The van der Waals surface area contributed by atoms with Crippen molar-refractivity contribution >= 4 is 22.9 Å². The molecule has 3 N–H and O–H groups in total. The van der Waals surface area contributed by atoms with Gasteiger partial charge in [0, 0.05) is 37.6 Å². The van der Waals surface area contributed by atoms with Gasteiger partial charge in [-0.2, -0.15) is 13.2 Å². The molecule has 0 bridgehead atoms. The number of carbonyl (C=O) groups is 1. The molecule has 212 valence electrons. The van der Waals surface area contributed by atoms with Crippen molar-refractivity contribution in [3.63, 3.8) is 0 Å². The maximum absolute atomic E-state index is 14.7. The number of halogens is 4. The van der Waals surface area contributed by atoms with E-state index in [0.717, 1.165) is 30.6 Å². The van der Waals surface area contributed by atoms with Gasteiger partial charge in [0.1, 0.15) is 11.9 Å². The molecule has 2 aromatic heterocycles. The number of anilines is 2. The minimum atomic E-state index is -4.46. The monoisotopic (exact) mass is 556 g/mol. The highest BCUT2D eigenvalue weighted by atomic mass is 19.4. The minimum Gasteiger partial charge on any atom is -0.376 e. The summed E-state index contributed by atoms with van der Waals surface area (Å²) in [5.41, 5.74) is 3.12. The van der Waals surface area contributed by atoms with E-state index in [0.29, 0.717) is 23.6 Å². The minimum absolute atomic E-state index is 0.0298. The number of aromatic nitrogens is 2. The van der Waals surface area contributed by atoms with Crippen LogP contribution in [-0.2, 0) is 6.42 Å². The first-order chi connectivity index (χ1) is 19.1. The number of imidazole rings is 1. The Morgan fingerprint density at radius 3 is 2.70 bits per heavy atom. The number of fused-ring (bicyclic) bond motifs is 1. The Balaban J connectivity index is 1.38. The highest BCUT2D eigenvalue weighted by Crippen LogP contribution is 2.42. The van der Waals surface area contributed by atoms with Crippen molar-refractivity contribution in [3.05, 3.63) is 59.0 Å². The van der Waals surface area contributed by atoms with Crippen LogP contribution >= 0.6 is 0 Å². The molecule has 0 spiro atoms. The Morgan fingerprint density at radius 1 is 1.20 bits per heavy atom. The quantitative estimate of drug-likeness (QED) is 0.293. The number of alkyl halides is 4. The molecule has 0 unspecified atom stereocenters. The number of amides is 1. The van der Waals surface area contributed by atoms with Crippen LogP contribution in [-0.4, -0.2) is 72.3 Å². The van der Waals surface area contributed by atoms with Gasteiger partial charge < -0.3 is 25.3 Å². The predicted octanol–water partition coefficient (Wildman–Crippen LogP) is 4.59. The number of piperidine rings is 1. The summed E-state index contributed by atoms with van der Waals surface area (Å²) in [5, 5.41) is 9.01. The highest BCUT2D eigenvalue weighted by molar-refractivity contribution is 5.96. The molecule has 2 atom stereocenters. The van der Waals surface area contributed by atoms with Crippen LogP contribution in [0.5, 0.6) is 0 Å². The number of hydrogen-bond acceptors (Lipinski definition) is 5. The number of hydrogen-bond donors (Lipinski definition) is 3. The van der Waals surface area contributed by atoms with Crippen molar-refractivity contribution < 1.29 is 22.4 Å². The fourth-order valence-corrected chi connectivity index (χ4v) is 5.13. The van der Waals surface area contributed by atoms with Crippen LogP contribution in [0.1, 0.15) is 52.5 Å². The molecule has 2 fully saturated rings. The van der Waals surface area contributed by atoms with Crippen LogP contribution in [0.2, 0.25) is 0 Å². The summed E-state index contributed by atoms with van der Waals surface area (Å²) >= 11 is 0. The smallest absolute Gasteiger partial charge is 0.376 e. The van der Waals surface area contributed by atoms with Gasteiger partial charge in [-0.3, -0.25) is 4.79 Å². The highest BCUT2D eigenvalue weighted by Gasteiger charge is 2.33. The summed E-state index contributed by atoms with van der Waals surface area (Å²) in [6.07, 6.45) is -2.61. The van der Waals surface area contributed by atoms with Gasteiger partial charge in [0.15, 0.2) is 5.65 Å². The normalized spacial score (nSPS) is 19.6. The van der Waals surface area contributed by atoms with Gasteiger partial charge in [-0.05, 0) is 74.0 Å². The Morgan fingerprint density at radius 2 is 2.00 bits per heavy atom. The molecule has 40 heavy (non-hydrogen) atoms. The average Bonchev–Trinajstić information content (AvgIpc) is 3.70. The molecule has 1 aromatic carbocycles. The topological polar surface area (TPSA) is 73.7 Å². The largest absolute Gasteiger partial charge is 0.394 e. The summed E-state index contributed by atoms with van der Waals surface area (Å²) in [5.74, 6) is 5.93. The standard InChI is InChI=1S/C29H32F4N6O/c1-34-28(40)20-10-9-19(15-21(20)18-7-8-18)35-12-3-5-24-26(16-29(31,32)33)39-13-4-6-25(27(39)37-24)36-23-11-14-38(2)17-22(23)30/h4,6,9-10,13,15,18,22-23,35-36H,7-8,11-12,14,16-17H2,1-2H3,(H,34,40)/t22-,23+/m0/s1. The molecule has 2 aliphatic rings. The summed E-state index contributed by atoms with van der Waals surface area (Å²) in [7, 11) is 3.45. The second kappa shape index (κ2) is 11.4. The van der Waals surface area contributed by atoms with Gasteiger partial charge >= 0.3 is 6.18 Å². The van der Waals surface area contributed by atoms with Gasteiger partial charge in [-0.25, -0.2) is 9.37 Å². The van der Waals surface area contributed by atoms with E-state index in [-0.39, 0.29) is 36.0 Å². The zero-order chi connectivity index (χ0) is 28.4. The molecule has 1 saturated heterocycles. The molecule has 5 rings (SSSR count). The number of pyridine rings is 1. The molecular weight excluding hydrogens is 524 g/mol. The summed E-state index contributed by atoms with van der Waals surface area (Å²) < 4.78 is 56.6. The van der Waals surface area contributed by atoms with Crippen LogP contribution in [0, 0.1) is 11.8 Å². The van der Waals surface area contributed by atoms with Crippen LogP contribution in [0.3, 0.4) is 0 Å². The van der Waals surface area contributed by atoms with Gasteiger partial charge in [-0.15, -0.1) is 0 Å². The van der Waals surface area contributed by atoms with Gasteiger partial charge in [0.05, 0.1) is 30.4 Å². The van der Waals surface area contributed by atoms with Crippen molar-refractivity contribution in [2.45, 2.75) is 50.0 Å². The van der Waals surface area contributed by atoms with Crippen molar-refractivity contribution in [1.82, 2.24) is 19.6 Å². The number of rotatable bonds is 7. The molecule has 3 aromatic rings. The lowest BCUT2D eigenvalue weighted by molar-refractivity contribution is -0.128. The molecule has 3 heterocycles. The third-order valence-electron chi connectivity index (χ3n) is 7.33. The molecule has 0 radical (unpaired) electrons.